The number of hydrogen-bond donors (Lipinski definition) is 1. The van der Waals surface area contributed by atoms with Crippen LogP contribution in [0.1, 0.15) is 58.9 Å². The minimum absolute atomic E-state index is 0.0384. The minimum atomic E-state index is -0.438. The SMILES string of the molecule is CNC(=O)[C@@H]1CCCCC1C(=O)N1CCc2cccc(O[C@H]3CCN(C(=O)c4cncs4)C3)c2[C@H]1CN1CCOC1=O. The van der Waals surface area contributed by atoms with Crippen LogP contribution in [-0.2, 0) is 20.7 Å². The number of thiazole rings is 1. The van der Waals surface area contributed by atoms with E-state index in [9.17, 15) is 19.2 Å². The van der Waals surface area contributed by atoms with E-state index >= 15 is 0 Å². The van der Waals surface area contributed by atoms with Gasteiger partial charge in [0.05, 0.1) is 30.8 Å². The highest BCUT2D eigenvalue weighted by atomic mass is 32.1. The molecule has 1 aromatic heterocycles. The summed E-state index contributed by atoms with van der Waals surface area (Å²) in [5.74, 6) is -0.258. The zero-order valence-electron chi connectivity index (χ0n) is 23.8. The van der Waals surface area contributed by atoms with Crippen LogP contribution in [0.3, 0.4) is 0 Å². The summed E-state index contributed by atoms with van der Waals surface area (Å²) < 4.78 is 11.8. The van der Waals surface area contributed by atoms with E-state index in [-0.39, 0.29) is 42.4 Å². The molecule has 4 aliphatic rings. The molecule has 0 bridgehead atoms. The first-order valence-electron chi connectivity index (χ1n) is 14.8. The molecule has 6 rings (SSSR count). The fourth-order valence-corrected chi connectivity index (χ4v) is 7.49. The summed E-state index contributed by atoms with van der Waals surface area (Å²) in [7, 11) is 1.62. The van der Waals surface area contributed by atoms with Crippen LogP contribution in [0.25, 0.3) is 0 Å². The number of rotatable bonds is 7. The standard InChI is InChI=1S/C30H37N5O6S/c1-31-27(36)21-6-2-3-7-22(21)28(37)35-12-9-19-5-4-8-24(26(19)23(35)17-34-13-14-40-30(34)39)41-20-10-11-33(16-20)29(38)25-15-32-18-42-25/h4-5,8,15,18,20-23H,2-3,6-7,9-14,16-17H2,1H3,(H,31,36)/t20-,21+,22?,23+/m0/s1. The molecule has 1 saturated carbocycles. The van der Waals surface area contributed by atoms with Gasteiger partial charge in [0, 0.05) is 50.5 Å². The number of hydrogen-bond acceptors (Lipinski definition) is 8. The lowest BCUT2D eigenvalue weighted by atomic mass is 9.77. The molecule has 12 heteroatoms. The van der Waals surface area contributed by atoms with E-state index in [1.54, 1.807) is 28.6 Å². The maximum absolute atomic E-state index is 14.3. The Morgan fingerprint density at radius 1 is 1.12 bits per heavy atom. The topological polar surface area (TPSA) is 121 Å². The van der Waals surface area contributed by atoms with Crippen molar-refractivity contribution in [3.8, 4) is 5.75 Å². The Morgan fingerprint density at radius 2 is 1.95 bits per heavy atom. The molecule has 2 saturated heterocycles. The molecular weight excluding hydrogens is 558 g/mol. The predicted octanol–water partition coefficient (Wildman–Crippen LogP) is 2.87. The first-order valence-corrected chi connectivity index (χ1v) is 15.7. The number of cyclic esters (lactones) is 1. The lowest BCUT2D eigenvalue weighted by Crippen LogP contribution is -2.50. The second-order valence-corrected chi connectivity index (χ2v) is 12.3. The van der Waals surface area contributed by atoms with Crippen LogP contribution in [0.2, 0.25) is 0 Å². The second-order valence-electron chi connectivity index (χ2n) is 11.4. The molecule has 0 spiro atoms. The lowest BCUT2D eigenvalue weighted by Gasteiger charge is -2.42. The summed E-state index contributed by atoms with van der Waals surface area (Å²) >= 11 is 1.33. The van der Waals surface area contributed by atoms with E-state index in [4.69, 9.17) is 9.47 Å². The van der Waals surface area contributed by atoms with Crippen molar-refractivity contribution < 1.29 is 28.7 Å². The normalized spacial score (nSPS) is 25.6. The van der Waals surface area contributed by atoms with E-state index in [0.29, 0.717) is 69.1 Å². The van der Waals surface area contributed by atoms with Crippen LogP contribution in [-0.4, -0.2) is 96.0 Å². The maximum Gasteiger partial charge on any atom is 0.410 e. The smallest absolute Gasteiger partial charge is 0.410 e. The molecule has 2 aromatic rings. The molecule has 3 aliphatic heterocycles. The zero-order chi connectivity index (χ0) is 29.2. The molecule has 3 fully saturated rings. The molecule has 11 nitrogen and oxygen atoms in total. The molecule has 42 heavy (non-hydrogen) atoms. The van der Waals surface area contributed by atoms with E-state index in [1.807, 2.05) is 17.0 Å². The van der Waals surface area contributed by atoms with Gasteiger partial charge in [-0.1, -0.05) is 25.0 Å². The summed E-state index contributed by atoms with van der Waals surface area (Å²) in [5.41, 5.74) is 3.63. The highest BCUT2D eigenvalue weighted by Gasteiger charge is 2.43. The van der Waals surface area contributed by atoms with Gasteiger partial charge in [-0.05, 0) is 30.9 Å². The molecule has 1 aliphatic carbocycles. The van der Waals surface area contributed by atoms with Crippen molar-refractivity contribution in [2.45, 2.75) is 50.7 Å². The zero-order valence-corrected chi connectivity index (χ0v) is 24.6. The Morgan fingerprint density at radius 3 is 2.69 bits per heavy atom. The molecule has 1 unspecified atom stereocenters. The Kier molecular flexibility index (Phi) is 8.32. The molecule has 4 atom stereocenters. The van der Waals surface area contributed by atoms with Crippen LogP contribution in [0.5, 0.6) is 5.75 Å². The predicted molar refractivity (Wildman–Crippen MR) is 154 cm³/mol. The highest BCUT2D eigenvalue weighted by molar-refractivity contribution is 7.11. The Labute approximate surface area is 249 Å². The van der Waals surface area contributed by atoms with E-state index in [2.05, 4.69) is 16.4 Å². The van der Waals surface area contributed by atoms with Crippen molar-refractivity contribution >= 4 is 35.2 Å². The maximum atomic E-state index is 14.3. The molecule has 1 aromatic carbocycles. The second kappa shape index (κ2) is 12.3. The van der Waals surface area contributed by atoms with Gasteiger partial charge in [-0.3, -0.25) is 19.4 Å². The Bertz CT molecular complexity index is 1340. The third kappa shape index (κ3) is 5.56. The number of fused-ring (bicyclic) bond motifs is 1. The number of amides is 4. The van der Waals surface area contributed by atoms with Crippen molar-refractivity contribution in [3.63, 3.8) is 0 Å². The van der Waals surface area contributed by atoms with Gasteiger partial charge in [0.1, 0.15) is 23.3 Å². The summed E-state index contributed by atoms with van der Waals surface area (Å²) in [4.78, 5) is 62.4. The Hall–Kier alpha value is -3.67. The number of aromatic nitrogens is 1. The summed E-state index contributed by atoms with van der Waals surface area (Å²) in [6.07, 6.45) is 5.54. The van der Waals surface area contributed by atoms with Crippen LogP contribution in [0.4, 0.5) is 4.79 Å². The largest absolute Gasteiger partial charge is 0.488 e. The molecule has 4 heterocycles. The monoisotopic (exact) mass is 595 g/mol. The van der Waals surface area contributed by atoms with E-state index in [0.717, 1.165) is 24.0 Å². The number of nitrogens with zero attached hydrogens (tertiary/aromatic N) is 4. The summed E-state index contributed by atoms with van der Waals surface area (Å²) in [6.45, 7) is 2.61. The van der Waals surface area contributed by atoms with Gasteiger partial charge in [0.2, 0.25) is 11.8 Å². The number of carbonyl (C=O) groups excluding carboxylic acids is 4. The van der Waals surface area contributed by atoms with E-state index < -0.39 is 12.0 Å². The first-order chi connectivity index (χ1) is 20.4. The molecule has 224 valence electrons. The third-order valence-electron chi connectivity index (χ3n) is 9.04. The van der Waals surface area contributed by atoms with E-state index in [1.165, 1.54) is 11.3 Å². The molecule has 1 N–H and O–H groups in total. The summed E-state index contributed by atoms with van der Waals surface area (Å²) in [5, 5.41) is 2.75. The number of likely N-dealkylation sites (tertiary alicyclic amines) is 1. The van der Waals surface area contributed by atoms with Gasteiger partial charge in [-0.25, -0.2) is 4.79 Å². The number of nitrogens with one attached hydrogen (secondary N) is 1. The Balaban J connectivity index is 1.28. The fraction of sp³-hybridized carbons (Fsp3) is 0.567. The molecule has 4 amide bonds. The van der Waals surface area contributed by atoms with Gasteiger partial charge < -0.3 is 29.5 Å². The van der Waals surface area contributed by atoms with Gasteiger partial charge in [0.25, 0.3) is 5.91 Å². The average molecular weight is 596 g/mol. The van der Waals surface area contributed by atoms with Gasteiger partial charge >= 0.3 is 6.09 Å². The van der Waals surface area contributed by atoms with Crippen LogP contribution < -0.4 is 10.1 Å². The lowest BCUT2D eigenvalue weighted by molar-refractivity contribution is -0.146. The quantitative estimate of drug-likeness (QED) is 0.523. The summed E-state index contributed by atoms with van der Waals surface area (Å²) in [6, 6.07) is 5.50. The van der Waals surface area contributed by atoms with Gasteiger partial charge in [-0.15, -0.1) is 11.3 Å². The minimum Gasteiger partial charge on any atom is -0.488 e. The van der Waals surface area contributed by atoms with Gasteiger partial charge in [0.15, 0.2) is 0 Å². The number of benzene rings is 1. The number of carbonyl (C=O) groups is 4. The van der Waals surface area contributed by atoms with Crippen molar-refractivity contribution in [1.82, 2.24) is 25.0 Å². The molecular formula is C30H37N5O6S. The molecule has 0 radical (unpaired) electrons. The highest BCUT2D eigenvalue weighted by Crippen LogP contribution is 2.41. The number of ether oxygens (including phenoxy) is 2. The van der Waals surface area contributed by atoms with Crippen LogP contribution >= 0.6 is 11.3 Å². The fourth-order valence-electron chi connectivity index (χ4n) is 6.90. The van der Waals surface area contributed by atoms with Crippen molar-refractivity contribution in [3.05, 3.63) is 45.9 Å². The van der Waals surface area contributed by atoms with Crippen molar-refractivity contribution in [2.75, 3.05) is 46.4 Å². The van der Waals surface area contributed by atoms with Gasteiger partial charge in [-0.2, -0.15) is 0 Å². The van der Waals surface area contributed by atoms with Crippen molar-refractivity contribution in [1.29, 1.82) is 0 Å². The average Bonchev–Trinajstić information content (AvgIpc) is 3.80. The first kappa shape index (κ1) is 28.4. The van der Waals surface area contributed by atoms with Crippen molar-refractivity contribution in [2.24, 2.45) is 11.8 Å². The van der Waals surface area contributed by atoms with Crippen LogP contribution in [0, 0.1) is 11.8 Å². The van der Waals surface area contributed by atoms with Crippen LogP contribution in [0.15, 0.2) is 29.9 Å². The third-order valence-corrected chi connectivity index (χ3v) is 9.81.